The normalized spacial score (nSPS) is 11.6. The molecule has 59 heavy (non-hydrogen) atoms. The quantitative estimate of drug-likeness (QED) is 0.0771. The first-order chi connectivity index (χ1) is 27.1. The van der Waals surface area contributed by atoms with Crippen molar-refractivity contribution in [3.05, 3.63) is 128 Å². The Morgan fingerprint density at radius 2 is 0.915 bits per heavy atom. The van der Waals surface area contributed by atoms with Crippen molar-refractivity contribution in [3.63, 3.8) is 0 Å². The molecule has 6 rings (SSSR count). The van der Waals surface area contributed by atoms with Gasteiger partial charge in [0.15, 0.2) is 19.7 Å². The van der Waals surface area contributed by atoms with Gasteiger partial charge in [-0.1, -0.05) is 0 Å². The first kappa shape index (κ1) is 44.8. The number of nitrogens with zero attached hydrogens (tertiary/aromatic N) is 8. The van der Waals surface area contributed by atoms with Gasteiger partial charge in [0.05, 0.1) is 53.5 Å². The van der Waals surface area contributed by atoms with Gasteiger partial charge in [-0.05, 0) is 74.5 Å². The van der Waals surface area contributed by atoms with Gasteiger partial charge in [-0.25, -0.2) is 26.2 Å². The maximum atomic E-state index is 11.7. The molecule has 0 amide bonds. The second kappa shape index (κ2) is 17.7. The maximum absolute atomic E-state index is 11.7. The molecule has 2 heterocycles. The van der Waals surface area contributed by atoms with E-state index in [1.807, 2.05) is 0 Å². The minimum atomic E-state index is -3.48. The monoisotopic (exact) mass is 891 g/mol. The second-order valence-electron chi connectivity index (χ2n) is 12.4. The molecule has 0 aliphatic rings. The van der Waals surface area contributed by atoms with Crippen LogP contribution in [-0.4, -0.2) is 91.6 Å². The van der Waals surface area contributed by atoms with Crippen molar-refractivity contribution < 1.29 is 63.9 Å². The van der Waals surface area contributed by atoms with E-state index in [1.54, 1.807) is 13.8 Å². The van der Waals surface area contributed by atoms with E-state index in [9.17, 15) is 57.5 Å². The van der Waals surface area contributed by atoms with Crippen molar-refractivity contribution in [3.8, 4) is 34.6 Å². The van der Waals surface area contributed by atoms with Crippen LogP contribution < -0.4 is 0 Å². The van der Waals surface area contributed by atoms with Gasteiger partial charge < -0.3 is 20.4 Å². The van der Waals surface area contributed by atoms with Gasteiger partial charge >= 0.3 is 0 Å². The third-order valence-electron chi connectivity index (χ3n) is 8.19. The van der Waals surface area contributed by atoms with Crippen molar-refractivity contribution in [1.29, 1.82) is 0 Å². The number of phenolic OH excluding ortho intramolecular Hbond substituents is 2. The molecule has 0 spiro atoms. The van der Waals surface area contributed by atoms with E-state index in [2.05, 4.69) is 20.2 Å². The molecule has 6 aromatic rings. The Morgan fingerprint density at radius 3 is 1.20 bits per heavy atom. The number of nitro groups is 2. The van der Waals surface area contributed by atoms with Crippen LogP contribution in [0.3, 0.4) is 0 Å². The Balaban J connectivity index is 0.000000256. The molecule has 0 unspecified atom stereocenters. The van der Waals surface area contributed by atoms with Crippen molar-refractivity contribution >= 4 is 54.9 Å². The van der Waals surface area contributed by atoms with Crippen molar-refractivity contribution in [2.45, 2.75) is 23.6 Å². The molecule has 0 aliphatic heterocycles. The molecule has 0 saturated heterocycles. The summed E-state index contributed by atoms with van der Waals surface area (Å²) >= 11 is 0. The number of aliphatic imine (C=N–C) groups is 2. The van der Waals surface area contributed by atoms with E-state index >= 15 is 0 Å². The summed E-state index contributed by atoms with van der Waals surface area (Å²) in [6.07, 6.45) is 4.58. The zero-order valence-electron chi connectivity index (χ0n) is 31.0. The van der Waals surface area contributed by atoms with Crippen LogP contribution in [0.25, 0.3) is 11.4 Å². The molecule has 0 bridgehead atoms. The summed E-state index contributed by atoms with van der Waals surface area (Å²) < 4.78 is 49.1. The summed E-state index contributed by atoms with van der Waals surface area (Å²) in [6, 6.07) is 18.3. The molecule has 1 radical (unpaired) electrons. The fourth-order valence-electron chi connectivity index (χ4n) is 5.09. The molecule has 4 N–H and O–H groups in total. The van der Waals surface area contributed by atoms with Gasteiger partial charge in [0.1, 0.15) is 22.9 Å². The van der Waals surface area contributed by atoms with Crippen molar-refractivity contribution in [1.82, 2.24) is 19.6 Å². The third kappa shape index (κ3) is 10.3. The maximum Gasteiger partial charge on any atom is 0.269 e. The Kier molecular flexibility index (Phi) is 13.4. The zero-order valence-corrected chi connectivity index (χ0v) is 33.7. The Bertz CT molecular complexity index is 2660. The van der Waals surface area contributed by atoms with E-state index in [-0.39, 0.29) is 83.7 Å². The fourth-order valence-corrected chi connectivity index (χ4v) is 6.37. The van der Waals surface area contributed by atoms with E-state index < -0.39 is 29.5 Å². The molecule has 23 heteroatoms. The molecular weight excluding hydrogens is 860 g/mol. The summed E-state index contributed by atoms with van der Waals surface area (Å²) in [5, 5.41) is 70.7. The Labute approximate surface area is 345 Å². The molecule has 0 atom stereocenters. The predicted octanol–water partition coefficient (Wildman–Crippen LogP) is 5.31. The minimum Gasteiger partial charge on any atom is -0.506 e. The van der Waals surface area contributed by atoms with Gasteiger partial charge in [0.25, 0.3) is 11.4 Å². The Morgan fingerprint density at radius 1 is 0.593 bits per heavy atom. The first-order valence-electron chi connectivity index (χ1n) is 16.4. The first-order valence-corrected chi connectivity index (χ1v) is 20.1. The average Bonchev–Trinajstić information content (AvgIpc) is 3.61. The topological polar surface area (TPSA) is 296 Å². The molecule has 4 aromatic carbocycles. The standard InChI is InChI=1S/2C18H16N4O6S.Co/c2*1-11-15(10-19-16-9-14(29(2,27)28)7-8-17(16)23)18(24)21(20-11)12-3-5-13(6-4-12)22(25)26;/h2*3-10,23-24H,1-2H3;. The van der Waals surface area contributed by atoms with Crippen molar-refractivity contribution in [2.24, 2.45) is 9.98 Å². The molecule has 0 fully saturated rings. The van der Waals surface area contributed by atoms with Crippen LogP contribution >= 0.6 is 0 Å². The number of aromatic hydroxyl groups is 4. The molecule has 2 aromatic heterocycles. The molecule has 0 saturated carbocycles. The van der Waals surface area contributed by atoms with Gasteiger partial charge in [-0.2, -0.15) is 10.2 Å². The average molecular weight is 892 g/mol. The number of benzene rings is 4. The SMILES string of the molecule is Cc1nn(-c2ccc([N+](=O)[O-])cc2)c(O)c1C=Nc1cc(S(C)(=O)=O)ccc1O.Cc1nn(-c2ccc([N+](=O)[O-])cc2)c(O)c1C=Nc1cc(S(C)(=O)=O)ccc1O.[Co]. The fraction of sp³-hybridized carbons (Fsp3) is 0.111. The number of rotatable bonds is 10. The summed E-state index contributed by atoms with van der Waals surface area (Å²) in [5.41, 5.74) is 1.92. The van der Waals surface area contributed by atoms with Gasteiger partial charge in [0.2, 0.25) is 11.8 Å². The van der Waals surface area contributed by atoms with Crippen LogP contribution in [0, 0.1) is 34.1 Å². The zero-order chi connectivity index (χ0) is 42.7. The number of hydrogen-bond donors (Lipinski definition) is 4. The van der Waals surface area contributed by atoms with E-state index in [4.69, 9.17) is 0 Å². The number of phenols is 2. The molecule has 20 nitrogen and oxygen atoms in total. The summed E-state index contributed by atoms with van der Waals surface area (Å²) in [5.74, 6) is -0.986. The van der Waals surface area contributed by atoms with Gasteiger partial charge in [-0.15, -0.1) is 0 Å². The van der Waals surface area contributed by atoms with Gasteiger partial charge in [-0.3, -0.25) is 30.2 Å². The van der Waals surface area contributed by atoms with E-state index in [0.29, 0.717) is 22.8 Å². The second-order valence-corrected chi connectivity index (χ2v) is 16.4. The Hall–Kier alpha value is -6.95. The number of non-ortho nitro benzene ring substituents is 2. The largest absolute Gasteiger partial charge is 0.506 e. The van der Waals surface area contributed by atoms with Crippen LogP contribution in [0.15, 0.2) is 105 Å². The van der Waals surface area contributed by atoms with E-state index in [0.717, 1.165) is 12.5 Å². The van der Waals surface area contributed by atoms with Crippen LogP contribution in [0.4, 0.5) is 22.7 Å². The number of aromatic nitrogens is 4. The summed E-state index contributed by atoms with van der Waals surface area (Å²) in [4.78, 5) is 28.6. The smallest absolute Gasteiger partial charge is 0.269 e. The predicted molar refractivity (Wildman–Crippen MR) is 210 cm³/mol. The van der Waals surface area contributed by atoms with Crippen LogP contribution in [0.1, 0.15) is 22.5 Å². The molecule has 309 valence electrons. The third-order valence-corrected chi connectivity index (χ3v) is 10.4. The van der Waals surface area contributed by atoms with Crippen LogP contribution in [0.2, 0.25) is 0 Å². The molecular formula is C36H32CoN8O12S2. The number of sulfone groups is 2. The summed E-state index contributed by atoms with van der Waals surface area (Å²) in [6.45, 7) is 3.24. The van der Waals surface area contributed by atoms with Crippen LogP contribution in [0.5, 0.6) is 23.3 Å². The van der Waals surface area contributed by atoms with E-state index in [1.165, 1.54) is 107 Å². The van der Waals surface area contributed by atoms with Crippen LogP contribution in [-0.2, 0) is 36.5 Å². The summed E-state index contributed by atoms with van der Waals surface area (Å²) in [7, 11) is -6.96. The van der Waals surface area contributed by atoms with Gasteiger partial charge in [0, 0.05) is 66.0 Å². The minimum absolute atomic E-state index is 0. The number of nitro benzene ring substituents is 2. The number of hydrogen-bond acceptors (Lipinski definition) is 16. The van der Waals surface area contributed by atoms with Crippen molar-refractivity contribution in [2.75, 3.05) is 12.5 Å². The molecule has 0 aliphatic carbocycles. The number of aryl methyl sites for hydroxylation is 2.